The monoisotopic (exact) mass is 181 g/mol. The van der Waals surface area contributed by atoms with Gasteiger partial charge in [-0.3, -0.25) is 4.79 Å². The predicted molar refractivity (Wildman–Crippen MR) is 51.4 cm³/mol. The van der Waals surface area contributed by atoms with Crippen LogP contribution in [-0.2, 0) is 13.1 Å². The average molecular weight is 181 g/mol. The molecule has 0 fully saturated rings. The molecular formula is C9H15N3O. The van der Waals surface area contributed by atoms with Crippen LogP contribution in [0.15, 0.2) is 10.9 Å². The van der Waals surface area contributed by atoms with E-state index >= 15 is 0 Å². The van der Waals surface area contributed by atoms with E-state index in [-0.39, 0.29) is 5.56 Å². The smallest absolute Gasteiger partial charge is 0.267 e. The summed E-state index contributed by atoms with van der Waals surface area (Å²) in [5.74, 6) is 0. The van der Waals surface area contributed by atoms with Gasteiger partial charge in [0.05, 0.1) is 5.69 Å². The van der Waals surface area contributed by atoms with Crippen LogP contribution < -0.4 is 11.3 Å². The molecule has 2 N–H and O–H groups in total. The minimum absolute atomic E-state index is 0.0621. The number of hydrogen-bond donors (Lipinski definition) is 1. The van der Waals surface area contributed by atoms with Crippen molar-refractivity contribution in [3.8, 4) is 0 Å². The van der Waals surface area contributed by atoms with Crippen LogP contribution in [0.25, 0.3) is 0 Å². The summed E-state index contributed by atoms with van der Waals surface area (Å²) in [6, 6.07) is 1.57. The zero-order valence-corrected chi connectivity index (χ0v) is 8.08. The maximum Gasteiger partial charge on any atom is 0.267 e. The lowest BCUT2D eigenvalue weighted by Gasteiger charge is -2.06. The molecule has 0 spiro atoms. The first kappa shape index (κ1) is 9.92. The van der Waals surface area contributed by atoms with Gasteiger partial charge in [0.1, 0.15) is 0 Å². The van der Waals surface area contributed by atoms with Gasteiger partial charge in [0.15, 0.2) is 0 Å². The molecule has 72 valence electrons. The van der Waals surface area contributed by atoms with Crippen molar-refractivity contribution < 1.29 is 0 Å². The molecule has 0 saturated carbocycles. The van der Waals surface area contributed by atoms with Crippen LogP contribution in [0.3, 0.4) is 0 Å². The molecule has 0 radical (unpaired) electrons. The summed E-state index contributed by atoms with van der Waals surface area (Å²) in [6.45, 7) is 4.93. The fourth-order valence-electron chi connectivity index (χ4n) is 1.20. The zero-order chi connectivity index (χ0) is 9.84. The van der Waals surface area contributed by atoms with E-state index in [9.17, 15) is 4.79 Å². The Morgan fingerprint density at radius 3 is 2.85 bits per heavy atom. The van der Waals surface area contributed by atoms with Crippen LogP contribution in [0.2, 0.25) is 0 Å². The Balaban J connectivity index is 3.13. The summed E-state index contributed by atoms with van der Waals surface area (Å²) < 4.78 is 1.48. The van der Waals surface area contributed by atoms with Crippen molar-refractivity contribution in [3.63, 3.8) is 0 Å². The zero-order valence-electron chi connectivity index (χ0n) is 8.08. The molecule has 1 heterocycles. The highest BCUT2D eigenvalue weighted by Crippen LogP contribution is 1.98. The second kappa shape index (κ2) is 4.18. The van der Waals surface area contributed by atoms with E-state index in [0.29, 0.717) is 13.1 Å². The van der Waals surface area contributed by atoms with Crippen LogP contribution >= 0.6 is 0 Å². The van der Waals surface area contributed by atoms with Gasteiger partial charge in [-0.15, -0.1) is 0 Å². The average Bonchev–Trinajstić information content (AvgIpc) is 2.11. The van der Waals surface area contributed by atoms with Gasteiger partial charge in [-0.2, -0.15) is 5.10 Å². The Morgan fingerprint density at radius 2 is 2.31 bits per heavy atom. The highest BCUT2D eigenvalue weighted by Gasteiger charge is 2.02. The summed E-state index contributed by atoms with van der Waals surface area (Å²) in [7, 11) is 0. The van der Waals surface area contributed by atoms with Crippen LogP contribution in [0, 0.1) is 6.92 Å². The third-order valence-electron chi connectivity index (χ3n) is 1.94. The number of hydrogen-bond acceptors (Lipinski definition) is 3. The molecule has 0 aliphatic heterocycles. The molecular weight excluding hydrogens is 166 g/mol. The molecule has 0 bridgehead atoms. The van der Waals surface area contributed by atoms with E-state index in [0.717, 1.165) is 17.7 Å². The molecule has 13 heavy (non-hydrogen) atoms. The quantitative estimate of drug-likeness (QED) is 0.735. The van der Waals surface area contributed by atoms with Crippen LogP contribution in [0.4, 0.5) is 0 Å². The topological polar surface area (TPSA) is 60.9 Å². The van der Waals surface area contributed by atoms with E-state index in [1.807, 2.05) is 13.8 Å². The second-order valence-electron chi connectivity index (χ2n) is 3.02. The lowest BCUT2D eigenvalue weighted by atomic mass is 10.2. The third-order valence-corrected chi connectivity index (χ3v) is 1.94. The van der Waals surface area contributed by atoms with Gasteiger partial charge < -0.3 is 5.73 Å². The fourth-order valence-corrected chi connectivity index (χ4v) is 1.20. The van der Waals surface area contributed by atoms with E-state index < -0.39 is 0 Å². The SMILES string of the molecule is CCCn1nc(C)c(CN)cc1=O. The predicted octanol–water partition coefficient (Wildman–Crippen LogP) is 0.420. The highest BCUT2D eigenvalue weighted by atomic mass is 16.1. The van der Waals surface area contributed by atoms with E-state index in [1.165, 1.54) is 4.68 Å². The number of rotatable bonds is 3. The molecule has 0 atom stereocenters. The summed E-state index contributed by atoms with van der Waals surface area (Å²) >= 11 is 0. The van der Waals surface area contributed by atoms with Crippen molar-refractivity contribution in [2.75, 3.05) is 0 Å². The largest absolute Gasteiger partial charge is 0.326 e. The van der Waals surface area contributed by atoms with Crippen molar-refractivity contribution in [1.82, 2.24) is 9.78 Å². The number of nitrogens with two attached hydrogens (primary N) is 1. The van der Waals surface area contributed by atoms with Gasteiger partial charge in [-0.1, -0.05) is 6.92 Å². The van der Waals surface area contributed by atoms with Crippen molar-refractivity contribution in [1.29, 1.82) is 0 Å². The maximum atomic E-state index is 11.4. The maximum absolute atomic E-state index is 11.4. The van der Waals surface area contributed by atoms with Gasteiger partial charge >= 0.3 is 0 Å². The second-order valence-corrected chi connectivity index (χ2v) is 3.02. The fraction of sp³-hybridized carbons (Fsp3) is 0.556. The van der Waals surface area contributed by atoms with Gasteiger partial charge in [-0.05, 0) is 18.9 Å². The van der Waals surface area contributed by atoms with E-state index in [2.05, 4.69) is 5.10 Å². The lowest BCUT2D eigenvalue weighted by molar-refractivity contribution is 0.557. The Labute approximate surface area is 77.4 Å². The van der Waals surface area contributed by atoms with Crippen molar-refractivity contribution in [3.05, 3.63) is 27.7 Å². The molecule has 4 nitrogen and oxygen atoms in total. The minimum atomic E-state index is -0.0621. The first-order valence-electron chi connectivity index (χ1n) is 4.46. The van der Waals surface area contributed by atoms with Crippen LogP contribution in [0.5, 0.6) is 0 Å². The van der Waals surface area contributed by atoms with Crippen LogP contribution in [-0.4, -0.2) is 9.78 Å². The standard InChI is InChI=1S/C9H15N3O/c1-3-4-12-9(13)5-8(6-10)7(2)11-12/h5H,3-4,6,10H2,1-2H3. The molecule has 0 aromatic carbocycles. The highest BCUT2D eigenvalue weighted by molar-refractivity contribution is 5.15. The molecule has 4 heteroatoms. The van der Waals surface area contributed by atoms with Crippen LogP contribution in [0.1, 0.15) is 24.6 Å². The summed E-state index contributed by atoms with van der Waals surface area (Å²) in [4.78, 5) is 11.4. The molecule has 0 amide bonds. The molecule has 1 aromatic rings. The Kier molecular flexibility index (Phi) is 3.19. The number of nitrogens with zero attached hydrogens (tertiary/aromatic N) is 2. The van der Waals surface area contributed by atoms with E-state index in [4.69, 9.17) is 5.73 Å². The Morgan fingerprint density at radius 1 is 1.62 bits per heavy atom. The summed E-state index contributed by atoms with van der Waals surface area (Å²) in [5, 5.41) is 4.16. The molecule has 0 saturated heterocycles. The van der Waals surface area contributed by atoms with Gasteiger partial charge in [-0.25, -0.2) is 4.68 Å². The van der Waals surface area contributed by atoms with Crippen molar-refractivity contribution >= 4 is 0 Å². The van der Waals surface area contributed by atoms with Gasteiger partial charge in [0, 0.05) is 19.2 Å². The van der Waals surface area contributed by atoms with Crippen molar-refractivity contribution in [2.24, 2.45) is 5.73 Å². The summed E-state index contributed by atoms with van der Waals surface area (Å²) in [5.41, 5.74) is 7.07. The first-order chi connectivity index (χ1) is 6.19. The first-order valence-corrected chi connectivity index (χ1v) is 4.46. The molecule has 0 unspecified atom stereocenters. The lowest BCUT2D eigenvalue weighted by Crippen LogP contribution is -2.24. The van der Waals surface area contributed by atoms with Crippen molar-refractivity contribution in [2.45, 2.75) is 33.4 Å². The number of aromatic nitrogens is 2. The normalized spacial score (nSPS) is 10.4. The Hall–Kier alpha value is -1.16. The molecule has 1 rings (SSSR count). The van der Waals surface area contributed by atoms with Gasteiger partial charge in [0.25, 0.3) is 5.56 Å². The third kappa shape index (κ3) is 2.15. The summed E-state index contributed by atoms with van der Waals surface area (Å²) in [6.07, 6.45) is 0.911. The molecule has 1 aromatic heterocycles. The number of aryl methyl sites for hydroxylation is 2. The Bertz CT molecular complexity index is 343. The minimum Gasteiger partial charge on any atom is -0.326 e. The molecule has 0 aliphatic carbocycles. The molecule has 0 aliphatic rings. The van der Waals surface area contributed by atoms with Gasteiger partial charge in [0.2, 0.25) is 0 Å². The van der Waals surface area contributed by atoms with E-state index in [1.54, 1.807) is 6.07 Å².